The fourth-order valence-electron chi connectivity index (χ4n) is 6.65. The van der Waals surface area contributed by atoms with E-state index in [4.69, 9.17) is 21.7 Å². The standard InChI is InChI=1S/C24H20F3N3O2S.C24H20F3N3O2/c1-30-22(28-29-23(30)33)21(31)17-7-11-20(12-8-17)32-14-15-3-2-4-18(13-15)16-5-9-19(10-6-16)24(25,26)27;1-30-15-28-29-23(30)22(31)18-7-11-21(12-8-18)32-14-16-3-2-4-19(13-16)17-5-9-20(10-6-17)24(25,26)27/h2-13,21,31H,14H2,1H3,(H,29,33);2-13,15,22,31H,14H2,1H3. The molecule has 0 aliphatic carbocycles. The van der Waals surface area contributed by atoms with Gasteiger partial charge in [0.2, 0.25) is 0 Å². The van der Waals surface area contributed by atoms with Gasteiger partial charge in [-0.2, -0.15) is 31.4 Å². The first-order valence-electron chi connectivity index (χ1n) is 19.8. The number of hydrogen-bond acceptors (Lipinski definition) is 8. The number of ether oxygens (including phenoxy) is 2. The molecule has 2 heterocycles. The van der Waals surface area contributed by atoms with Gasteiger partial charge < -0.3 is 28.8 Å². The van der Waals surface area contributed by atoms with Crippen molar-refractivity contribution in [2.45, 2.75) is 37.8 Å². The van der Waals surface area contributed by atoms with Crippen LogP contribution >= 0.6 is 12.2 Å². The zero-order valence-electron chi connectivity index (χ0n) is 34.6. The molecule has 0 aliphatic rings. The van der Waals surface area contributed by atoms with E-state index in [1.807, 2.05) is 48.5 Å². The second-order valence-electron chi connectivity index (χ2n) is 14.8. The first-order valence-corrected chi connectivity index (χ1v) is 20.2. The smallest absolute Gasteiger partial charge is 0.416 e. The Morgan fingerprint density at radius 2 is 1.02 bits per heavy atom. The third-order valence-corrected chi connectivity index (χ3v) is 10.7. The summed E-state index contributed by atoms with van der Waals surface area (Å²) in [6.07, 6.45) is -9.01. The first-order chi connectivity index (χ1) is 31.0. The molecule has 0 aliphatic heterocycles. The second kappa shape index (κ2) is 19.8. The lowest BCUT2D eigenvalue weighted by molar-refractivity contribution is -0.138. The summed E-state index contributed by atoms with van der Waals surface area (Å²) in [6, 6.07) is 39.1. The third-order valence-electron chi connectivity index (χ3n) is 10.3. The van der Waals surface area contributed by atoms with Crippen LogP contribution in [0.5, 0.6) is 11.5 Å². The van der Waals surface area contributed by atoms with Gasteiger partial charge >= 0.3 is 12.4 Å². The maximum absolute atomic E-state index is 12.8. The molecule has 2 aromatic heterocycles. The lowest BCUT2D eigenvalue weighted by Crippen LogP contribution is -2.07. The third kappa shape index (κ3) is 11.5. The van der Waals surface area contributed by atoms with Crippen LogP contribution in [0.15, 0.2) is 152 Å². The Hall–Kier alpha value is -7.08. The number of aliphatic hydroxyl groups excluding tert-OH is 2. The van der Waals surface area contributed by atoms with Crippen LogP contribution in [0.25, 0.3) is 22.3 Å². The van der Waals surface area contributed by atoms with Gasteiger partial charge in [0, 0.05) is 14.1 Å². The average Bonchev–Trinajstić information content (AvgIpc) is 3.90. The lowest BCUT2D eigenvalue weighted by atomic mass is 10.0. The highest BCUT2D eigenvalue weighted by molar-refractivity contribution is 7.71. The van der Waals surface area contributed by atoms with Gasteiger partial charge in [0.05, 0.1) is 11.1 Å². The first kappa shape index (κ1) is 45.9. The topological polar surface area (TPSA) is 123 Å². The Kier molecular flexibility index (Phi) is 14.0. The quantitative estimate of drug-likeness (QED) is 0.0818. The van der Waals surface area contributed by atoms with E-state index in [2.05, 4.69) is 20.4 Å². The van der Waals surface area contributed by atoms with Gasteiger partial charge in [-0.3, -0.25) is 5.10 Å². The van der Waals surface area contributed by atoms with Crippen molar-refractivity contribution >= 4 is 12.2 Å². The summed E-state index contributed by atoms with van der Waals surface area (Å²) in [6.45, 7) is 0.573. The Balaban J connectivity index is 0.000000194. The minimum Gasteiger partial charge on any atom is -0.489 e. The number of aromatic nitrogens is 6. The number of H-pyrrole nitrogens is 1. The molecule has 17 heteroatoms. The van der Waals surface area contributed by atoms with Crippen molar-refractivity contribution in [1.82, 2.24) is 29.5 Å². The molecule has 334 valence electrons. The number of aromatic amines is 1. The van der Waals surface area contributed by atoms with Crippen LogP contribution in [-0.2, 0) is 39.7 Å². The van der Waals surface area contributed by atoms with Crippen LogP contribution < -0.4 is 9.47 Å². The van der Waals surface area contributed by atoms with E-state index in [0.717, 1.165) is 46.5 Å². The normalized spacial score (nSPS) is 12.5. The predicted molar refractivity (Wildman–Crippen MR) is 233 cm³/mol. The Morgan fingerprint density at radius 3 is 1.38 bits per heavy atom. The fraction of sp³-hybridized carbons (Fsp3) is 0.167. The molecular formula is C48H40F6N6O4S. The summed E-state index contributed by atoms with van der Waals surface area (Å²) in [5.74, 6) is 2.09. The number of halogens is 6. The molecule has 65 heavy (non-hydrogen) atoms. The molecule has 0 saturated carbocycles. The number of hydrogen-bond donors (Lipinski definition) is 3. The second-order valence-corrected chi connectivity index (χ2v) is 15.2. The summed E-state index contributed by atoms with van der Waals surface area (Å²) in [5, 5.41) is 35.3. The number of benzene rings is 6. The highest BCUT2D eigenvalue weighted by Gasteiger charge is 2.31. The summed E-state index contributed by atoms with van der Waals surface area (Å²) in [4.78, 5) is 0. The molecule has 8 rings (SSSR count). The predicted octanol–water partition coefficient (Wildman–Crippen LogP) is 11.0. The van der Waals surface area contributed by atoms with Crippen LogP contribution in [0.3, 0.4) is 0 Å². The van der Waals surface area contributed by atoms with E-state index in [-0.39, 0.29) is 6.61 Å². The summed E-state index contributed by atoms with van der Waals surface area (Å²) in [7, 11) is 3.48. The summed E-state index contributed by atoms with van der Waals surface area (Å²) in [5.41, 5.74) is 4.71. The van der Waals surface area contributed by atoms with E-state index >= 15 is 0 Å². The monoisotopic (exact) mass is 910 g/mol. The van der Waals surface area contributed by atoms with Gasteiger partial charge in [-0.05, 0) is 117 Å². The van der Waals surface area contributed by atoms with Crippen molar-refractivity contribution in [3.63, 3.8) is 0 Å². The van der Waals surface area contributed by atoms with Crippen molar-refractivity contribution in [2.75, 3.05) is 0 Å². The molecule has 2 unspecified atom stereocenters. The van der Waals surface area contributed by atoms with Gasteiger partial charge in [0.1, 0.15) is 43.2 Å². The molecule has 0 bridgehead atoms. The van der Waals surface area contributed by atoms with Crippen LogP contribution in [0.4, 0.5) is 26.3 Å². The van der Waals surface area contributed by atoms with Gasteiger partial charge in [-0.1, -0.05) is 84.9 Å². The van der Waals surface area contributed by atoms with Gasteiger partial charge in [-0.25, -0.2) is 0 Å². The van der Waals surface area contributed by atoms with Gasteiger partial charge in [-0.15, -0.1) is 10.2 Å². The van der Waals surface area contributed by atoms with Crippen LogP contribution in [0.2, 0.25) is 0 Å². The fourth-order valence-corrected chi connectivity index (χ4v) is 6.79. The van der Waals surface area contributed by atoms with Crippen molar-refractivity contribution in [3.05, 3.63) is 202 Å². The molecule has 0 saturated heterocycles. The highest BCUT2D eigenvalue weighted by Crippen LogP contribution is 2.33. The number of aliphatic hydroxyl groups is 2. The number of aryl methyl sites for hydroxylation is 1. The number of rotatable bonds is 12. The molecule has 8 aromatic rings. The zero-order valence-corrected chi connectivity index (χ0v) is 35.4. The Bertz CT molecular complexity index is 2880. The zero-order chi connectivity index (χ0) is 46.3. The minimum absolute atomic E-state index is 0.282. The molecule has 0 radical (unpaired) electrons. The van der Waals surface area contributed by atoms with Crippen molar-refractivity contribution in [1.29, 1.82) is 0 Å². The molecule has 10 nitrogen and oxygen atoms in total. The molecular weight excluding hydrogens is 871 g/mol. The Morgan fingerprint density at radius 1 is 0.585 bits per heavy atom. The highest BCUT2D eigenvalue weighted by atomic mass is 32.1. The largest absolute Gasteiger partial charge is 0.489 e. The summed E-state index contributed by atoms with van der Waals surface area (Å²) >= 11 is 5.07. The van der Waals surface area contributed by atoms with E-state index in [9.17, 15) is 36.6 Å². The van der Waals surface area contributed by atoms with Crippen LogP contribution in [-0.4, -0.2) is 39.7 Å². The summed E-state index contributed by atoms with van der Waals surface area (Å²) < 4.78 is 92.0. The van der Waals surface area contributed by atoms with Crippen molar-refractivity contribution < 1.29 is 46.0 Å². The maximum Gasteiger partial charge on any atom is 0.416 e. The van der Waals surface area contributed by atoms with Gasteiger partial charge in [0.15, 0.2) is 16.4 Å². The maximum atomic E-state index is 12.8. The van der Waals surface area contributed by atoms with Crippen molar-refractivity contribution in [3.8, 4) is 33.8 Å². The van der Waals surface area contributed by atoms with E-state index < -0.39 is 35.7 Å². The number of alkyl halides is 6. The SMILES string of the molecule is Cn1c(C(O)c2ccc(OCc3cccc(-c4ccc(C(F)(F)F)cc4)c3)cc2)n[nH]c1=S.Cn1cnnc1C(O)c1ccc(OCc2cccc(-c3ccc(C(F)(F)F)cc3)c2)cc1. The molecule has 3 N–H and O–H groups in total. The van der Waals surface area contributed by atoms with Crippen molar-refractivity contribution in [2.24, 2.45) is 14.1 Å². The molecule has 2 atom stereocenters. The number of nitrogens with one attached hydrogen (secondary N) is 1. The van der Waals surface area contributed by atoms with Crippen LogP contribution in [0, 0.1) is 4.77 Å². The Labute approximate surface area is 374 Å². The lowest BCUT2D eigenvalue weighted by Gasteiger charge is -2.12. The van der Waals surface area contributed by atoms with E-state index in [1.165, 1.54) is 30.6 Å². The minimum atomic E-state index is -4.36. The number of nitrogens with zero attached hydrogens (tertiary/aromatic N) is 5. The van der Waals surface area contributed by atoms with E-state index in [1.54, 1.807) is 71.8 Å². The molecule has 0 amide bonds. The molecule has 0 fully saturated rings. The molecule has 0 spiro atoms. The molecule has 6 aromatic carbocycles. The van der Waals surface area contributed by atoms with Gasteiger partial charge in [0.25, 0.3) is 0 Å². The average molecular weight is 911 g/mol. The van der Waals surface area contributed by atoms with E-state index in [0.29, 0.717) is 56.8 Å². The van der Waals surface area contributed by atoms with Crippen LogP contribution in [0.1, 0.15) is 57.2 Å².